The van der Waals surface area contributed by atoms with Crippen LogP contribution < -0.4 is 5.32 Å². The molecule has 0 aromatic rings. The molecule has 74 valence electrons. The van der Waals surface area contributed by atoms with Gasteiger partial charge in [0.25, 0.3) is 0 Å². The van der Waals surface area contributed by atoms with Gasteiger partial charge in [-0.3, -0.25) is 9.59 Å². The molecule has 13 heavy (non-hydrogen) atoms. The lowest BCUT2D eigenvalue weighted by Gasteiger charge is -2.26. The fourth-order valence-corrected chi connectivity index (χ4v) is 1.83. The molecule has 2 atom stereocenters. The van der Waals surface area contributed by atoms with Gasteiger partial charge >= 0.3 is 5.97 Å². The van der Waals surface area contributed by atoms with Gasteiger partial charge in [0.15, 0.2) is 0 Å². The van der Waals surface area contributed by atoms with Crippen molar-refractivity contribution in [2.24, 2.45) is 5.92 Å². The summed E-state index contributed by atoms with van der Waals surface area (Å²) in [5.41, 5.74) is 0. The van der Waals surface area contributed by atoms with E-state index in [9.17, 15) is 9.59 Å². The van der Waals surface area contributed by atoms with Crippen molar-refractivity contribution in [2.45, 2.75) is 38.6 Å². The molecule has 2 N–H and O–H groups in total. The van der Waals surface area contributed by atoms with Crippen LogP contribution in [0.2, 0.25) is 0 Å². The fraction of sp³-hybridized carbons (Fsp3) is 0.778. The predicted octanol–water partition coefficient (Wildman–Crippen LogP) is 0.766. The Labute approximate surface area is 77.3 Å². The second kappa shape index (κ2) is 4.25. The molecule has 1 aliphatic rings. The van der Waals surface area contributed by atoms with Gasteiger partial charge in [-0.2, -0.15) is 0 Å². The van der Waals surface area contributed by atoms with Crippen molar-refractivity contribution in [1.29, 1.82) is 0 Å². The Morgan fingerprint density at radius 2 is 2.08 bits per heavy atom. The zero-order valence-electron chi connectivity index (χ0n) is 7.75. The number of rotatable bonds is 2. The molecule has 0 aromatic heterocycles. The normalized spacial score (nSPS) is 28.1. The van der Waals surface area contributed by atoms with Gasteiger partial charge in [0, 0.05) is 13.0 Å². The summed E-state index contributed by atoms with van der Waals surface area (Å²) in [6.07, 6.45) is 3.12. The monoisotopic (exact) mass is 185 g/mol. The van der Waals surface area contributed by atoms with Gasteiger partial charge in [0.1, 0.15) is 0 Å². The quantitative estimate of drug-likeness (QED) is 0.667. The molecule has 0 unspecified atom stereocenters. The number of amides is 1. The van der Waals surface area contributed by atoms with Gasteiger partial charge in [-0.25, -0.2) is 0 Å². The van der Waals surface area contributed by atoms with Crippen molar-refractivity contribution in [3.63, 3.8) is 0 Å². The smallest absolute Gasteiger partial charge is 0.306 e. The third kappa shape index (κ3) is 3.05. The largest absolute Gasteiger partial charge is 0.481 e. The highest BCUT2D eigenvalue weighted by molar-refractivity contribution is 5.73. The van der Waals surface area contributed by atoms with Crippen LogP contribution in [-0.2, 0) is 9.59 Å². The zero-order chi connectivity index (χ0) is 9.84. The van der Waals surface area contributed by atoms with Gasteiger partial charge in [0.05, 0.1) is 5.92 Å². The summed E-state index contributed by atoms with van der Waals surface area (Å²) in [5.74, 6) is -1.09. The maximum Gasteiger partial charge on any atom is 0.306 e. The first-order valence-electron chi connectivity index (χ1n) is 4.59. The Hall–Kier alpha value is -1.06. The van der Waals surface area contributed by atoms with E-state index in [1.807, 2.05) is 0 Å². The first kappa shape index (κ1) is 10.0. The van der Waals surface area contributed by atoms with Crippen LogP contribution in [0.25, 0.3) is 0 Å². The lowest BCUT2D eigenvalue weighted by molar-refractivity contribution is -0.143. The van der Waals surface area contributed by atoms with E-state index in [1.54, 1.807) is 0 Å². The number of hydrogen-bond acceptors (Lipinski definition) is 2. The minimum atomic E-state index is -0.741. The number of carboxylic acids is 1. The highest BCUT2D eigenvalue weighted by Gasteiger charge is 2.26. The Morgan fingerprint density at radius 3 is 2.62 bits per heavy atom. The average Bonchev–Trinajstić information content (AvgIpc) is 2.03. The van der Waals surface area contributed by atoms with Crippen molar-refractivity contribution < 1.29 is 14.7 Å². The molecule has 4 nitrogen and oxygen atoms in total. The van der Waals surface area contributed by atoms with Crippen LogP contribution in [0.5, 0.6) is 0 Å². The van der Waals surface area contributed by atoms with Crippen molar-refractivity contribution in [2.75, 3.05) is 0 Å². The molecule has 4 heteroatoms. The third-order valence-corrected chi connectivity index (χ3v) is 2.43. The molecule has 0 radical (unpaired) electrons. The van der Waals surface area contributed by atoms with Gasteiger partial charge in [0.2, 0.25) is 5.91 Å². The number of hydrogen-bond donors (Lipinski definition) is 2. The average molecular weight is 185 g/mol. The summed E-state index contributed by atoms with van der Waals surface area (Å²) in [6, 6.07) is 0.0624. The molecule has 0 aliphatic heterocycles. The summed E-state index contributed by atoms with van der Waals surface area (Å²) >= 11 is 0. The lowest BCUT2D eigenvalue weighted by Crippen LogP contribution is -2.38. The van der Waals surface area contributed by atoms with Crippen LogP contribution in [0.3, 0.4) is 0 Å². The Balaban J connectivity index is 2.41. The minimum absolute atomic E-state index is 0.0624. The Morgan fingerprint density at radius 1 is 1.38 bits per heavy atom. The highest BCUT2D eigenvalue weighted by atomic mass is 16.4. The van der Waals surface area contributed by atoms with E-state index in [4.69, 9.17) is 5.11 Å². The van der Waals surface area contributed by atoms with Crippen molar-refractivity contribution in [3.8, 4) is 0 Å². The van der Waals surface area contributed by atoms with Crippen LogP contribution in [0.1, 0.15) is 32.6 Å². The summed E-state index contributed by atoms with van der Waals surface area (Å²) in [5, 5.41) is 11.5. The van der Waals surface area contributed by atoms with Gasteiger partial charge in [-0.1, -0.05) is 6.42 Å². The van der Waals surface area contributed by atoms with Gasteiger partial charge < -0.3 is 10.4 Å². The van der Waals surface area contributed by atoms with E-state index in [0.29, 0.717) is 6.42 Å². The molecular weight excluding hydrogens is 170 g/mol. The first-order valence-corrected chi connectivity index (χ1v) is 4.59. The summed E-state index contributed by atoms with van der Waals surface area (Å²) in [6.45, 7) is 1.46. The van der Waals surface area contributed by atoms with Crippen molar-refractivity contribution in [1.82, 2.24) is 5.32 Å². The van der Waals surface area contributed by atoms with E-state index in [0.717, 1.165) is 19.3 Å². The van der Waals surface area contributed by atoms with Crippen LogP contribution >= 0.6 is 0 Å². The lowest BCUT2D eigenvalue weighted by atomic mass is 9.86. The van der Waals surface area contributed by atoms with E-state index in [1.165, 1.54) is 6.92 Å². The number of aliphatic carboxylic acids is 1. The third-order valence-electron chi connectivity index (χ3n) is 2.43. The molecule has 0 spiro atoms. The van der Waals surface area contributed by atoms with E-state index >= 15 is 0 Å². The molecule has 1 rings (SSSR count). The Kier molecular flexibility index (Phi) is 3.28. The van der Waals surface area contributed by atoms with Crippen LogP contribution in [0, 0.1) is 5.92 Å². The molecule has 0 heterocycles. The van der Waals surface area contributed by atoms with Gasteiger partial charge in [-0.15, -0.1) is 0 Å². The number of carboxylic acid groups (broad SMARTS) is 1. The molecule has 1 fully saturated rings. The van der Waals surface area contributed by atoms with Crippen molar-refractivity contribution in [3.05, 3.63) is 0 Å². The predicted molar refractivity (Wildman–Crippen MR) is 47.2 cm³/mol. The maximum absolute atomic E-state index is 10.7. The SMILES string of the molecule is CC(=O)N[C@@H]1CCC[C@H](C(=O)O)C1. The molecule has 1 saturated carbocycles. The van der Waals surface area contributed by atoms with Crippen molar-refractivity contribution >= 4 is 11.9 Å². The number of nitrogens with one attached hydrogen (secondary N) is 1. The summed E-state index contributed by atoms with van der Waals surface area (Å²) in [4.78, 5) is 21.4. The zero-order valence-corrected chi connectivity index (χ0v) is 7.75. The standard InChI is InChI=1S/C9H15NO3/c1-6(11)10-8-4-2-3-7(5-8)9(12)13/h7-8H,2-5H2,1H3,(H,10,11)(H,12,13)/t7-,8+/m0/s1. The number of carbonyl (C=O) groups is 2. The maximum atomic E-state index is 10.7. The fourth-order valence-electron chi connectivity index (χ4n) is 1.83. The van der Waals surface area contributed by atoms with Crippen LogP contribution in [-0.4, -0.2) is 23.0 Å². The molecular formula is C9H15NO3. The molecule has 0 bridgehead atoms. The molecule has 1 amide bonds. The molecule has 1 aliphatic carbocycles. The van der Waals surface area contributed by atoms with E-state index < -0.39 is 5.97 Å². The highest BCUT2D eigenvalue weighted by Crippen LogP contribution is 2.24. The minimum Gasteiger partial charge on any atom is -0.481 e. The summed E-state index contributed by atoms with van der Waals surface area (Å²) < 4.78 is 0. The summed E-state index contributed by atoms with van der Waals surface area (Å²) in [7, 11) is 0. The van der Waals surface area contributed by atoms with Crippen LogP contribution in [0.4, 0.5) is 0 Å². The van der Waals surface area contributed by atoms with E-state index in [-0.39, 0.29) is 17.9 Å². The van der Waals surface area contributed by atoms with E-state index in [2.05, 4.69) is 5.32 Å². The molecule has 0 aromatic carbocycles. The second-order valence-corrected chi connectivity index (χ2v) is 3.60. The Bertz CT molecular complexity index is 215. The first-order chi connectivity index (χ1) is 6.09. The topological polar surface area (TPSA) is 66.4 Å². The second-order valence-electron chi connectivity index (χ2n) is 3.60. The van der Waals surface area contributed by atoms with Crippen LogP contribution in [0.15, 0.2) is 0 Å². The molecule has 0 saturated heterocycles. The number of carbonyl (C=O) groups excluding carboxylic acids is 1. The van der Waals surface area contributed by atoms with Gasteiger partial charge in [-0.05, 0) is 19.3 Å².